The minimum absolute atomic E-state index is 0.0217. The molecule has 0 bridgehead atoms. The Labute approximate surface area is 203 Å². The molecule has 3 aromatic carbocycles. The highest BCUT2D eigenvalue weighted by Gasteiger charge is 2.32. The second kappa shape index (κ2) is 10.5. The third-order valence-electron chi connectivity index (χ3n) is 5.86. The Morgan fingerprint density at radius 1 is 0.914 bits per heavy atom. The topological polar surface area (TPSA) is 132 Å². The van der Waals surface area contributed by atoms with Gasteiger partial charge in [0.15, 0.2) is 5.75 Å². The fourth-order valence-electron chi connectivity index (χ4n) is 3.77. The molecule has 0 spiro atoms. The van der Waals surface area contributed by atoms with Gasteiger partial charge in [0, 0.05) is 19.7 Å². The van der Waals surface area contributed by atoms with Crippen LogP contribution < -0.4 is 26.8 Å². The van der Waals surface area contributed by atoms with Crippen molar-refractivity contribution in [2.75, 3.05) is 24.7 Å². The van der Waals surface area contributed by atoms with E-state index in [0.717, 1.165) is 5.56 Å². The van der Waals surface area contributed by atoms with E-state index in [9.17, 15) is 24.3 Å². The summed E-state index contributed by atoms with van der Waals surface area (Å²) in [4.78, 5) is 51.4. The van der Waals surface area contributed by atoms with Crippen molar-refractivity contribution in [2.24, 2.45) is 5.92 Å². The van der Waals surface area contributed by atoms with Gasteiger partial charge in [0.1, 0.15) is 23.5 Å². The summed E-state index contributed by atoms with van der Waals surface area (Å²) in [5, 5.41) is 17.9. The summed E-state index contributed by atoms with van der Waals surface area (Å²) in [5.74, 6) is -1.13. The summed E-state index contributed by atoms with van der Waals surface area (Å²) >= 11 is 0. The molecule has 0 saturated carbocycles. The number of phenols is 1. The SMILES string of the molecule is CC([NH2+]C(=O)C(Nc1c(Nc2cccc(C(=O)N(C)C)c2O)c(=O)c1=O)C(C)C)c1ccccc1. The van der Waals surface area contributed by atoms with Gasteiger partial charge in [-0.2, -0.15) is 0 Å². The Morgan fingerprint density at radius 3 is 2.14 bits per heavy atom. The lowest BCUT2D eigenvalue weighted by molar-refractivity contribution is -0.609. The number of hydrogen-bond acceptors (Lipinski definition) is 7. The quantitative estimate of drug-likeness (QED) is 0.271. The number of carbonyl (C=O) groups excluding carboxylic acids is 2. The molecule has 9 heteroatoms. The fourth-order valence-corrected chi connectivity index (χ4v) is 3.77. The number of benzene rings is 2. The lowest BCUT2D eigenvalue weighted by Crippen LogP contribution is -2.91. The number of phenolic OH excluding ortho intramolecular Hbond substituents is 1. The minimum Gasteiger partial charge on any atom is -0.505 e. The normalized spacial score (nSPS) is 12.9. The van der Waals surface area contributed by atoms with Crippen molar-refractivity contribution in [3.8, 4) is 5.75 Å². The highest BCUT2D eigenvalue weighted by Crippen LogP contribution is 2.32. The first-order valence-electron chi connectivity index (χ1n) is 11.4. The molecule has 2 amide bonds. The van der Waals surface area contributed by atoms with Gasteiger partial charge < -0.3 is 20.6 Å². The fraction of sp³-hybridized carbons (Fsp3) is 0.308. The van der Waals surface area contributed by atoms with Crippen LogP contribution in [-0.2, 0) is 4.79 Å². The number of nitrogens with two attached hydrogens (primary N) is 1. The van der Waals surface area contributed by atoms with Gasteiger partial charge >= 0.3 is 5.91 Å². The van der Waals surface area contributed by atoms with E-state index in [2.05, 4.69) is 10.6 Å². The minimum atomic E-state index is -0.771. The van der Waals surface area contributed by atoms with Crippen LogP contribution in [0.15, 0.2) is 58.1 Å². The van der Waals surface area contributed by atoms with E-state index in [1.165, 1.54) is 17.0 Å². The monoisotopic (exact) mass is 479 g/mol. The number of amides is 2. The summed E-state index contributed by atoms with van der Waals surface area (Å²) in [7, 11) is 3.11. The van der Waals surface area contributed by atoms with Gasteiger partial charge in [-0.15, -0.1) is 0 Å². The molecule has 184 valence electrons. The molecule has 2 unspecified atom stereocenters. The number of nitrogens with one attached hydrogen (secondary N) is 2. The molecule has 9 nitrogen and oxygen atoms in total. The van der Waals surface area contributed by atoms with E-state index in [-0.39, 0.29) is 46.2 Å². The summed E-state index contributed by atoms with van der Waals surface area (Å²) in [6, 6.07) is 13.2. The van der Waals surface area contributed by atoms with Crippen LogP contribution in [0.1, 0.15) is 42.7 Å². The molecule has 2 atom stereocenters. The van der Waals surface area contributed by atoms with E-state index < -0.39 is 22.8 Å². The molecule has 0 aliphatic heterocycles. The smallest absolute Gasteiger partial charge is 0.333 e. The van der Waals surface area contributed by atoms with Crippen LogP contribution in [0.4, 0.5) is 17.1 Å². The third-order valence-corrected chi connectivity index (χ3v) is 5.86. The van der Waals surface area contributed by atoms with Gasteiger partial charge in [-0.25, -0.2) is 4.79 Å². The van der Waals surface area contributed by atoms with Crippen molar-refractivity contribution >= 4 is 28.9 Å². The first-order chi connectivity index (χ1) is 16.5. The number of rotatable bonds is 9. The van der Waals surface area contributed by atoms with E-state index in [1.807, 2.05) is 51.1 Å². The van der Waals surface area contributed by atoms with Crippen LogP contribution in [0.5, 0.6) is 5.75 Å². The van der Waals surface area contributed by atoms with Crippen molar-refractivity contribution in [1.82, 2.24) is 4.90 Å². The molecular formula is C26H31N4O5+. The summed E-state index contributed by atoms with van der Waals surface area (Å²) in [6.07, 6.45) is 0. The van der Waals surface area contributed by atoms with Crippen LogP contribution in [0.25, 0.3) is 0 Å². The van der Waals surface area contributed by atoms with E-state index in [1.54, 1.807) is 25.5 Å². The number of para-hydroxylation sites is 1. The predicted molar refractivity (Wildman–Crippen MR) is 135 cm³/mol. The number of primary amides is 1. The predicted octanol–water partition coefficient (Wildman–Crippen LogP) is 1.72. The maximum atomic E-state index is 13.1. The summed E-state index contributed by atoms with van der Waals surface area (Å²) < 4.78 is 0. The lowest BCUT2D eigenvalue weighted by Gasteiger charge is -2.24. The second-order valence-corrected chi connectivity index (χ2v) is 9.07. The molecule has 3 aromatic rings. The number of quaternary nitrogens is 1. The average Bonchev–Trinajstić information content (AvgIpc) is 2.83. The Kier molecular flexibility index (Phi) is 7.71. The summed E-state index contributed by atoms with van der Waals surface area (Å²) in [6.45, 7) is 5.61. The second-order valence-electron chi connectivity index (χ2n) is 9.07. The van der Waals surface area contributed by atoms with Crippen molar-refractivity contribution in [2.45, 2.75) is 32.9 Å². The molecule has 0 aliphatic carbocycles. The van der Waals surface area contributed by atoms with Crippen LogP contribution in [0, 0.1) is 5.92 Å². The van der Waals surface area contributed by atoms with Crippen molar-refractivity contribution < 1.29 is 20.0 Å². The molecule has 3 rings (SSSR count). The van der Waals surface area contributed by atoms with E-state index in [0.29, 0.717) is 0 Å². The van der Waals surface area contributed by atoms with Crippen LogP contribution in [0.2, 0.25) is 0 Å². The number of anilines is 3. The average molecular weight is 480 g/mol. The molecule has 0 heterocycles. The first kappa shape index (κ1) is 25.6. The van der Waals surface area contributed by atoms with Gasteiger partial charge in [0.05, 0.1) is 11.3 Å². The van der Waals surface area contributed by atoms with Gasteiger partial charge in [-0.3, -0.25) is 19.7 Å². The Bertz CT molecular complexity index is 1290. The molecular weight excluding hydrogens is 448 g/mol. The highest BCUT2D eigenvalue weighted by molar-refractivity contribution is 5.99. The van der Waals surface area contributed by atoms with Gasteiger partial charge in [0.2, 0.25) is 0 Å². The van der Waals surface area contributed by atoms with Crippen molar-refractivity contribution in [1.29, 1.82) is 0 Å². The first-order valence-corrected chi connectivity index (χ1v) is 11.4. The molecule has 0 fully saturated rings. The largest absolute Gasteiger partial charge is 0.505 e. The maximum absolute atomic E-state index is 13.1. The van der Waals surface area contributed by atoms with Crippen molar-refractivity contribution in [3.63, 3.8) is 0 Å². The van der Waals surface area contributed by atoms with Gasteiger partial charge in [-0.05, 0) is 25.0 Å². The van der Waals surface area contributed by atoms with Crippen LogP contribution in [0.3, 0.4) is 0 Å². The Hall–Kier alpha value is -3.98. The zero-order chi connectivity index (χ0) is 25.9. The highest BCUT2D eigenvalue weighted by atomic mass is 16.3. The third kappa shape index (κ3) is 5.41. The van der Waals surface area contributed by atoms with E-state index >= 15 is 0 Å². The zero-order valence-corrected chi connectivity index (χ0v) is 20.5. The number of aromatic hydroxyl groups is 1. The molecule has 5 N–H and O–H groups in total. The molecule has 0 aromatic heterocycles. The molecule has 35 heavy (non-hydrogen) atoms. The van der Waals surface area contributed by atoms with Gasteiger partial charge in [0.25, 0.3) is 16.8 Å². The Balaban J connectivity index is 1.83. The number of hydrogen-bond donors (Lipinski definition) is 4. The summed E-state index contributed by atoms with van der Waals surface area (Å²) in [5.41, 5.74) is -0.462. The van der Waals surface area contributed by atoms with E-state index in [4.69, 9.17) is 0 Å². The lowest BCUT2D eigenvalue weighted by atomic mass is 10.0. The van der Waals surface area contributed by atoms with Crippen LogP contribution >= 0.6 is 0 Å². The zero-order valence-electron chi connectivity index (χ0n) is 20.5. The standard InChI is InChI=1S/C26H30N4O5/c1-14(2)19(25(34)27-15(3)16-10-7-6-8-11-16)29-21-20(23(32)24(21)33)28-18-13-9-12-17(22(18)31)26(35)30(4)5/h6-15,19,28-29,31H,1-5H3,(H,27,34)/p+1. The van der Waals surface area contributed by atoms with Crippen molar-refractivity contribution in [3.05, 3.63) is 80.1 Å². The van der Waals surface area contributed by atoms with Gasteiger partial charge in [-0.1, -0.05) is 50.2 Å². The Morgan fingerprint density at radius 2 is 1.54 bits per heavy atom. The van der Waals surface area contributed by atoms with Crippen LogP contribution in [-0.4, -0.2) is 42.0 Å². The maximum Gasteiger partial charge on any atom is 0.333 e. The number of nitrogens with zero attached hydrogens (tertiary/aromatic N) is 1. The number of carbonyl (C=O) groups is 2. The molecule has 0 aliphatic rings. The molecule has 0 saturated heterocycles. The molecule has 0 radical (unpaired) electrons.